The Balaban J connectivity index is 1.62. The van der Waals surface area contributed by atoms with Crippen molar-refractivity contribution in [3.05, 3.63) is 53.5 Å². The first-order valence-corrected chi connectivity index (χ1v) is 7.95. The lowest BCUT2D eigenvalue weighted by molar-refractivity contribution is -0.124. The second-order valence-electron chi connectivity index (χ2n) is 5.88. The van der Waals surface area contributed by atoms with E-state index in [2.05, 4.69) is 10.6 Å². The van der Waals surface area contributed by atoms with Crippen LogP contribution < -0.4 is 10.6 Å². The number of nitrogens with one attached hydrogen (secondary N) is 2. The summed E-state index contributed by atoms with van der Waals surface area (Å²) in [5.74, 6) is -1.18. The number of esters is 1. The van der Waals surface area contributed by atoms with Gasteiger partial charge in [-0.15, -0.1) is 0 Å². The SMILES string of the molecule is Cc1ccc(C(=O)OCC(=O)NC2CC2)cc1NC(=O)c1ccco1. The summed E-state index contributed by atoms with van der Waals surface area (Å²) in [5, 5.41) is 5.43. The highest BCUT2D eigenvalue weighted by Gasteiger charge is 2.23. The van der Waals surface area contributed by atoms with Crippen LogP contribution >= 0.6 is 0 Å². The Morgan fingerprint density at radius 2 is 2.04 bits per heavy atom. The summed E-state index contributed by atoms with van der Waals surface area (Å²) in [6.07, 6.45) is 3.34. The fourth-order valence-corrected chi connectivity index (χ4v) is 2.19. The highest BCUT2D eigenvalue weighted by Crippen LogP contribution is 2.20. The predicted octanol–water partition coefficient (Wildman–Crippen LogP) is 2.28. The van der Waals surface area contributed by atoms with Crippen molar-refractivity contribution in [3.63, 3.8) is 0 Å². The van der Waals surface area contributed by atoms with Crippen LogP contribution in [0.25, 0.3) is 0 Å². The van der Waals surface area contributed by atoms with E-state index in [-0.39, 0.29) is 29.9 Å². The van der Waals surface area contributed by atoms with Crippen LogP contribution in [0, 0.1) is 6.92 Å². The van der Waals surface area contributed by atoms with Crippen LogP contribution in [0.15, 0.2) is 41.0 Å². The van der Waals surface area contributed by atoms with Gasteiger partial charge in [-0.3, -0.25) is 9.59 Å². The monoisotopic (exact) mass is 342 g/mol. The van der Waals surface area contributed by atoms with Crippen molar-refractivity contribution in [2.75, 3.05) is 11.9 Å². The first-order valence-electron chi connectivity index (χ1n) is 7.95. The molecule has 1 aliphatic rings. The normalized spacial score (nSPS) is 13.2. The quantitative estimate of drug-likeness (QED) is 0.785. The highest BCUT2D eigenvalue weighted by molar-refractivity contribution is 6.03. The molecule has 0 saturated heterocycles. The third-order valence-electron chi connectivity index (χ3n) is 3.74. The van der Waals surface area contributed by atoms with E-state index in [0.29, 0.717) is 5.69 Å². The summed E-state index contributed by atoms with van der Waals surface area (Å²) < 4.78 is 10.0. The molecule has 1 saturated carbocycles. The van der Waals surface area contributed by atoms with Crippen molar-refractivity contribution < 1.29 is 23.5 Å². The number of carbonyl (C=O) groups excluding carboxylic acids is 3. The summed E-state index contributed by atoms with van der Waals surface area (Å²) in [6.45, 7) is 1.48. The fourth-order valence-electron chi connectivity index (χ4n) is 2.19. The van der Waals surface area contributed by atoms with Crippen LogP contribution in [0.5, 0.6) is 0 Å². The Morgan fingerprint density at radius 1 is 1.24 bits per heavy atom. The first kappa shape index (κ1) is 16.8. The standard InChI is InChI=1S/C18H18N2O5/c1-11-4-5-12(18(23)25-10-16(21)19-13-6-7-13)9-14(11)20-17(22)15-3-2-8-24-15/h2-5,8-9,13H,6-7,10H2,1H3,(H,19,21)(H,20,22). The number of anilines is 1. The van der Waals surface area contributed by atoms with Gasteiger partial charge < -0.3 is 19.8 Å². The molecule has 1 aromatic carbocycles. The molecule has 1 aromatic heterocycles. The van der Waals surface area contributed by atoms with E-state index in [1.54, 1.807) is 31.2 Å². The van der Waals surface area contributed by atoms with Gasteiger partial charge in [0.05, 0.1) is 11.8 Å². The van der Waals surface area contributed by atoms with Gasteiger partial charge >= 0.3 is 5.97 Å². The smallest absolute Gasteiger partial charge is 0.338 e. The lowest BCUT2D eigenvalue weighted by atomic mass is 10.1. The zero-order chi connectivity index (χ0) is 17.8. The van der Waals surface area contributed by atoms with Gasteiger partial charge in [-0.05, 0) is 49.6 Å². The maximum absolute atomic E-state index is 12.1. The van der Waals surface area contributed by atoms with Gasteiger partial charge in [0.2, 0.25) is 0 Å². The molecule has 7 nitrogen and oxygen atoms in total. The molecular formula is C18H18N2O5. The van der Waals surface area contributed by atoms with Crippen LogP contribution in [0.3, 0.4) is 0 Å². The Hall–Kier alpha value is -3.09. The van der Waals surface area contributed by atoms with Gasteiger partial charge in [0.1, 0.15) is 0 Å². The molecule has 0 radical (unpaired) electrons. The minimum absolute atomic E-state index is 0.170. The molecule has 0 aliphatic heterocycles. The summed E-state index contributed by atoms with van der Waals surface area (Å²) in [4.78, 5) is 35.7. The van der Waals surface area contributed by atoms with Crippen molar-refractivity contribution in [1.82, 2.24) is 5.32 Å². The Morgan fingerprint density at radius 3 is 2.72 bits per heavy atom. The summed E-state index contributed by atoms with van der Waals surface area (Å²) >= 11 is 0. The van der Waals surface area contributed by atoms with E-state index in [1.165, 1.54) is 12.3 Å². The maximum atomic E-state index is 12.1. The average molecular weight is 342 g/mol. The topological polar surface area (TPSA) is 97.6 Å². The summed E-state index contributed by atoms with van der Waals surface area (Å²) in [7, 11) is 0. The summed E-state index contributed by atoms with van der Waals surface area (Å²) in [6, 6.07) is 8.16. The molecule has 2 amide bonds. The lowest BCUT2D eigenvalue weighted by Gasteiger charge is -2.10. The van der Waals surface area contributed by atoms with E-state index in [1.807, 2.05) is 0 Å². The van der Waals surface area contributed by atoms with Gasteiger partial charge in [-0.25, -0.2) is 4.79 Å². The predicted molar refractivity (Wildman–Crippen MR) is 89.3 cm³/mol. The van der Waals surface area contributed by atoms with E-state index < -0.39 is 11.9 Å². The number of aryl methyl sites for hydroxylation is 1. The zero-order valence-electron chi connectivity index (χ0n) is 13.7. The lowest BCUT2D eigenvalue weighted by Crippen LogP contribution is -2.30. The molecule has 2 N–H and O–H groups in total. The van der Waals surface area contributed by atoms with E-state index in [9.17, 15) is 14.4 Å². The molecule has 0 unspecified atom stereocenters. The van der Waals surface area contributed by atoms with Crippen molar-refractivity contribution in [2.45, 2.75) is 25.8 Å². The van der Waals surface area contributed by atoms with Crippen LogP contribution in [0.1, 0.15) is 39.3 Å². The molecular weight excluding hydrogens is 324 g/mol. The number of amides is 2. The van der Waals surface area contributed by atoms with E-state index >= 15 is 0 Å². The molecule has 25 heavy (non-hydrogen) atoms. The molecule has 1 fully saturated rings. The molecule has 1 aliphatic carbocycles. The molecule has 3 rings (SSSR count). The number of hydrogen-bond donors (Lipinski definition) is 2. The van der Waals surface area contributed by atoms with Crippen LogP contribution in [-0.4, -0.2) is 30.4 Å². The van der Waals surface area contributed by atoms with Crippen LogP contribution in [0.4, 0.5) is 5.69 Å². The largest absolute Gasteiger partial charge is 0.459 e. The molecule has 0 bridgehead atoms. The van der Waals surface area contributed by atoms with Crippen molar-refractivity contribution in [2.24, 2.45) is 0 Å². The number of benzene rings is 1. The zero-order valence-corrected chi connectivity index (χ0v) is 13.7. The van der Waals surface area contributed by atoms with E-state index in [0.717, 1.165) is 18.4 Å². The minimum Gasteiger partial charge on any atom is -0.459 e. The Bertz CT molecular complexity index is 794. The van der Waals surface area contributed by atoms with Crippen LogP contribution in [0.2, 0.25) is 0 Å². The van der Waals surface area contributed by atoms with E-state index in [4.69, 9.17) is 9.15 Å². The van der Waals surface area contributed by atoms with Gasteiger partial charge in [-0.1, -0.05) is 6.07 Å². The molecule has 130 valence electrons. The number of hydrogen-bond acceptors (Lipinski definition) is 5. The molecule has 0 spiro atoms. The first-order chi connectivity index (χ1) is 12.0. The number of carbonyl (C=O) groups is 3. The fraction of sp³-hybridized carbons (Fsp3) is 0.278. The minimum atomic E-state index is -0.626. The Kier molecular flexibility index (Phi) is 4.83. The average Bonchev–Trinajstić information content (AvgIpc) is 3.23. The third kappa shape index (κ3) is 4.47. The van der Waals surface area contributed by atoms with Crippen LogP contribution in [-0.2, 0) is 9.53 Å². The van der Waals surface area contributed by atoms with Gasteiger partial charge in [0, 0.05) is 11.7 Å². The van der Waals surface area contributed by atoms with Crippen molar-refractivity contribution in [1.29, 1.82) is 0 Å². The second-order valence-corrected chi connectivity index (χ2v) is 5.88. The molecule has 2 aromatic rings. The number of ether oxygens (including phenoxy) is 1. The summed E-state index contributed by atoms with van der Waals surface area (Å²) in [5.41, 5.74) is 1.50. The third-order valence-corrected chi connectivity index (χ3v) is 3.74. The highest BCUT2D eigenvalue weighted by atomic mass is 16.5. The van der Waals surface area contributed by atoms with Crippen molar-refractivity contribution in [3.8, 4) is 0 Å². The van der Waals surface area contributed by atoms with Gasteiger partial charge in [0.25, 0.3) is 11.8 Å². The van der Waals surface area contributed by atoms with Crippen molar-refractivity contribution >= 4 is 23.5 Å². The van der Waals surface area contributed by atoms with Gasteiger partial charge in [0.15, 0.2) is 12.4 Å². The van der Waals surface area contributed by atoms with Gasteiger partial charge in [-0.2, -0.15) is 0 Å². The second kappa shape index (κ2) is 7.21. The maximum Gasteiger partial charge on any atom is 0.338 e. The number of furan rings is 1. The molecule has 7 heteroatoms. The Labute approximate surface area is 144 Å². The molecule has 1 heterocycles. The number of rotatable bonds is 6. The molecule has 0 atom stereocenters.